The molecule has 0 radical (unpaired) electrons. The minimum absolute atomic E-state index is 0.0620. The molecule has 0 saturated heterocycles. The number of nitrogens with two attached hydrogens (primary N) is 1. The van der Waals surface area contributed by atoms with E-state index in [1.807, 2.05) is 19.1 Å². The maximum Gasteiger partial charge on any atom is 0.164 e. The number of hydrogen-bond donors (Lipinski definition) is 2. The van der Waals surface area contributed by atoms with Crippen LogP contribution in [0.3, 0.4) is 0 Å². The standard InChI is InChI=1S/C17H16Cl2N2O/c1-9-14(22-16-11(18)6-10(20)7-12(16)19)3-2-13-15(9)17(4-5-17)8-21-13/h2-3,6-7,21H,4-5,8,20H2,1H3/i8D. The zero-order valence-electron chi connectivity index (χ0n) is 13.0. The summed E-state index contributed by atoms with van der Waals surface area (Å²) in [5.41, 5.74) is 9.42. The third-order valence-corrected chi connectivity index (χ3v) is 5.00. The van der Waals surface area contributed by atoms with Crippen molar-refractivity contribution < 1.29 is 6.11 Å². The number of benzene rings is 2. The smallest absolute Gasteiger partial charge is 0.164 e. The van der Waals surface area contributed by atoms with Gasteiger partial charge in [0.25, 0.3) is 0 Å². The van der Waals surface area contributed by atoms with E-state index in [-0.39, 0.29) is 11.9 Å². The third-order valence-electron chi connectivity index (χ3n) is 4.44. The fraction of sp³-hybridized carbons (Fsp3) is 0.294. The lowest BCUT2D eigenvalue weighted by Crippen LogP contribution is -2.09. The van der Waals surface area contributed by atoms with Crippen LogP contribution in [0.2, 0.25) is 10.0 Å². The number of anilines is 2. The first-order chi connectivity index (χ1) is 10.9. The van der Waals surface area contributed by atoms with Gasteiger partial charge in [-0.15, -0.1) is 0 Å². The fourth-order valence-corrected chi connectivity index (χ4v) is 3.75. The Morgan fingerprint density at radius 1 is 1.27 bits per heavy atom. The number of ether oxygens (including phenoxy) is 1. The van der Waals surface area contributed by atoms with E-state index in [1.54, 1.807) is 12.1 Å². The molecule has 1 heterocycles. The molecule has 2 aromatic rings. The quantitative estimate of drug-likeness (QED) is 0.747. The average molecular weight is 336 g/mol. The molecule has 4 rings (SSSR count). The van der Waals surface area contributed by atoms with Crippen molar-refractivity contribution in [1.82, 2.24) is 0 Å². The number of nitrogen functional groups attached to an aromatic ring is 1. The maximum atomic E-state index is 8.26. The summed E-state index contributed by atoms with van der Waals surface area (Å²) in [7, 11) is 0. The van der Waals surface area contributed by atoms with E-state index in [9.17, 15) is 0 Å². The Kier molecular flexibility index (Phi) is 2.76. The van der Waals surface area contributed by atoms with Gasteiger partial charge in [-0.1, -0.05) is 23.2 Å². The fourth-order valence-electron chi connectivity index (χ4n) is 3.17. The molecule has 2 aromatic carbocycles. The van der Waals surface area contributed by atoms with Crippen LogP contribution in [0.15, 0.2) is 24.3 Å². The largest absolute Gasteiger partial charge is 0.454 e. The van der Waals surface area contributed by atoms with E-state index in [2.05, 4.69) is 5.32 Å². The summed E-state index contributed by atoms with van der Waals surface area (Å²) in [5.74, 6) is 1.11. The molecular formula is C17H16Cl2N2O. The molecule has 3 nitrogen and oxygen atoms in total. The SMILES string of the molecule is [2H]C1Nc2ccc(Oc3c(Cl)cc(N)cc3Cl)c(C)c2C12CC2. The summed E-state index contributed by atoms with van der Waals surface area (Å²) >= 11 is 12.4. The Hall–Kier alpha value is -1.58. The van der Waals surface area contributed by atoms with Crippen LogP contribution in [0.4, 0.5) is 11.4 Å². The molecule has 1 fully saturated rings. The van der Waals surface area contributed by atoms with Crippen LogP contribution in [0.1, 0.15) is 25.3 Å². The predicted molar refractivity (Wildman–Crippen MR) is 91.5 cm³/mol. The van der Waals surface area contributed by atoms with Crippen molar-refractivity contribution in [2.24, 2.45) is 0 Å². The lowest BCUT2D eigenvalue weighted by molar-refractivity contribution is 0.478. The molecule has 1 unspecified atom stereocenters. The van der Waals surface area contributed by atoms with Crippen molar-refractivity contribution in [1.29, 1.82) is 0 Å². The Bertz CT molecular complexity index is 797. The van der Waals surface area contributed by atoms with Crippen molar-refractivity contribution in [3.8, 4) is 11.5 Å². The van der Waals surface area contributed by atoms with Crippen molar-refractivity contribution in [2.45, 2.75) is 25.2 Å². The first kappa shape index (κ1) is 12.9. The minimum Gasteiger partial charge on any atom is -0.454 e. The van der Waals surface area contributed by atoms with Gasteiger partial charge in [0.15, 0.2) is 5.75 Å². The monoisotopic (exact) mass is 335 g/mol. The second kappa shape index (κ2) is 4.71. The summed E-state index contributed by atoms with van der Waals surface area (Å²) in [6.45, 7) is 1.74. The molecule has 0 amide bonds. The second-order valence-electron chi connectivity index (χ2n) is 5.97. The Balaban J connectivity index is 1.77. The van der Waals surface area contributed by atoms with E-state index in [1.165, 1.54) is 5.56 Å². The molecule has 1 spiro atoms. The van der Waals surface area contributed by atoms with Gasteiger partial charge in [0, 0.05) is 24.7 Å². The average Bonchev–Trinajstić information content (AvgIpc) is 3.20. The van der Waals surface area contributed by atoms with E-state index in [4.69, 9.17) is 35.0 Å². The lowest BCUT2D eigenvalue weighted by atomic mass is 9.93. The van der Waals surface area contributed by atoms with E-state index in [0.717, 1.165) is 24.1 Å². The first-order valence-corrected chi connectivity index (χ1v) is 7.93. The normalized spacial score (nSPS) is 21.2. The molecule has 22 heavy (non-hydrogen) atoms. The van der Waals surface area contributed by atoms with Gasteiger partial charge >= 0.3 is 0 Å². The van der Waals surface area contributed by atoms with E-state index in [0.29, 0.717) is 27.2 Å². The maximum absolute atomic E-state index is 8.26. The summed E-state index contributed by atoms with van der Waals surface area (Å²) in [5, 5.41) is 4.02. The van der Waals surface area contributed by atoms with Crippen molar-refractivity contribution in [3.05, 3.63) is 45.4 Å². The molecule has 1 aliphatic heterocycles. The molecule has 2 aliphatic rings. The zero-order valence-corrected chi connectivity index (χ0v) is 13.6. The van der Waals surface area contributed by atoms with Crippen molar-refractivity contribution >= 4 is 34.6 Å². The number of fused-ring (bicyclic) bond motifs is 2. The van der Waals surface area contributed by atoms with Gasteiger partial charge in [0.2, 0.25) is 0 Å². The zero-order chi connectivity index (χ0) is 16.4. The highest BCUT2D eigenvalue weighted by molar-refractivity contribution is 6.37. The van der Waals surface area contributed by atoms with Crippen LogP contribution < -0.4 is 15.8 Å². The molecule has 3 N–H and O–H groups in total. The predicted octanol–water partition coefficient (Wildman–Crippen LogP) is 5.13. The van der Waals surface area contributed by atoms with Crippen molar-refractivity contribution in [3.63, 3.8) is 0 Å². The van der Waals surface area contributed by atoms with Gasteiger partial charge in [-0.3, -0.25) is 0 Å². The Morgan fingerprint density at radius 3 is 2.59 bits per heavy atom. The Labute approximate surface area is 140 Å². The summed E-state index contributed by atoms with van der Waals surface area (Å²) < 4.78 is 14.3. The van der Waals surface area contributed by atoms with Crippen LogP contribution in [0, 0.1) is 6.92 Å². The molecular weight excluding hydrogens is 319 g/mol. The van der Waals surface area contributed by atoms with Crippen LogP contribution >= 0.6 is 23.2 Å². The van der Waals surface area contributed by atoms with Crippen LogP contribution in [-0.2, 0) is 5.41 Å². The van der Waals surface area contributed by atoms with Crippen LogP contribution in [-0.4, -0.2) is 6.52 Å². The number of halogens is 2. The minimum atomic E-state index is -0.282. The molecule has 0 aromatic heterocycles. The summed E-state index contributed by atoms with van der Waals surface area (Å²) in [4.78, 5) is 0. The molecule has 1 saturated carbocycles. The number of rotatable bonds is 2. The Morgan fingerprint density at radius 2 is 1.95 bits per heavy atom. The van der Waals surface area contributed by atoms with Gasteiger partial charge < -0.3 is 15.8 Å². The lowest BCUT2D eigenvalue weighted by Gasteiger charge is -2.16. The molecule has 1 atom stereocenters. The van der Waals surface area contributed by atoms with Gasteiger partial charge in [-0.2, -0.15) is 0 Å². The van der Waals surface area contributed by atoms with Gasteiger partial charge in [-0.05, 0) is 55.2 Å². The molecule has 1 aliphatic carbocycles. The van der Waals surface area contributed by atoms with Gasteiger partial charge in [0.05, 0.1) is 10.0 Å². The molecule has 114 valence electrons. The van der Waals surface area contributed by atoms with Gasteiger partial charge in [0.1, 0.15) is 5.75 Å². The first-order valence-electron chi connectivity index (χ1n) is 7.75. The van der Waals surface area contributed by atoms with Gasteiger partial charge in [-0.25, -0.2) is 0 Å². The molecule has 5 heteroatoms. The second-order valence-corrected chi connectivity index (χ2v) is 6.79. The highest BCUT2D eigenvalue weighted by Gasteiger charge is 2.50. The summed E-state index contributed by atoms with van der Waals surface area (Å²) in [6.07, 6.45) is 2.07. The molecule has 0 bridgehead atoms. The van der Waals surface area contributed by atoms with E-state index >= 15 is 0 Å². The topological polar surface area (TPSA) is 47.3 Å². The van der Waals surface area contributed by atoms with E-state index < -0.39 is 0 Å². The van der Waals surface area contributed by atoms with Crippen LogP contribution in [0.5, 0.6) is 11.5 Å². The number of nitrogens with one attached hydrogen (secondary N) is 1. The van der Waals surface area contributed by atoms with Crippen molar-refractivity contribution in [2.75, 3.05) is 17.6 Å². The third kappa shape index (κ3) is 2.03. The highest BCUT2D eigenvalue weighted by atomic mass is 35.5. The highest BCUT2D eigenvalue weighted by Crippen LogP contribution is 2.57. The van der Waals surface area contributed by atoms with Crippen LogP contribution in [0.25, 0.3) is 0 Å². The summed E-state index contributed by atoms with van der Waals surface area (Å²) in [6, 6.07) is 7.09. The number of hydrogen-bond acceptors (Lipinski definition) is 3.